The van der Waals surface area contributed by atoms with Gasteiger partial charge in [-0.05, 0) is 31.4 Å². The van der Waals surface area contributed by atoms with Gasteiger partial charge in [0.15, 0.2) is 18.1 Å². The first-order valence-electron chi connectivity index (χ1n) is 8.42. The van der Waals surface area contributed by atoms with Gasteiger partial charge in [0, 0.05) is 6.04 Å². The predicted octanol–water partition coefficient (Wildman–Crippen LogP) is 3.56. The van der Waals surface area contributed by atoms with E-state index >= 15 is 0 Å². The van der Waals surface area contributed by atoms with Crippen LogP contribution in [0.4, 0.5) is 0 Å². The van der Waals surface area contributed by atoms with Crippen molar-refractivity contribution in [1.82, 2.24) is 5.32 Å². The van der Waals surface area contributed by atoms with E-state index in [0.29, 0.717) is 17.4 Å². The average Bonchev–Trinajstić information content (AvgIpc) is 3.01. The lowest BCUT2D eigenvalue weighted by Gasteiger charge is -2.14. The molecule has 0 fully saturated rings. The van der Waals surface area contributed by atoms with Gasteiger partial charge >= 0.3 is 5.97 Å². The Morgan fingerprint density at radius 2 is 2.00 bits per heavy atom. The van der Waals surface area contributed by atoms with Crippen LogP contribution in [0.1, 0.15) is 50.4 Å². The van der Waals surface area contributed by atoms with Gasteiger partial charge in [-0.15, -0.1) is 0 Å². The third kappa shape index (κ3) is 5.81. The van der Waals surface area contributed by atoms with Gasteiger partial charge in [0.25, 0.3) is 5.91 Å². The van der Waals surface area contributed by atoms with Crippen LogP contribution >= 0.6 is 11.6 Å². The minimum Gasteiger partial charge on any atom is -0.454 e. The predicted molar refractivity (Wildman–Crippen MR) is 94.2 cm³/mol. The molecular weight excluding hydrogens is 346 g/mol. The molecule has 0 aromatic heterocycles. The number of hydrogen-bond acceptors (Lipinski definition) is 5. The van der Waals surface area contributed by atoms with Crippen molar-refractivity contribution in [3.05, 3.63) is 22.7 Å². The zero-order valence-electron chi connectivity index (χ0n) is 14.8. The van der Waals surface area contributed by atoms with Crippen LogP contribution in [0.2, 0.25) is 5.02 Å². The van der Waals surface area contributed by atoms with E-state index in [1.807, 2.05) is 6.92 Å². The minimum absolute atomic E-state index is 0.0462. The highest BCUT2D eigenvalue weighted by Gasteiger charge is 2.21. The molecule has 1 aliphatic heterocycles. The summed E-state index contributed by atoms with van der Waals surface area (Å²) in [6, 6.07) is 2.97. The molecule has 6 nitrogen and oxygen atoms in total. The molecule has 1 N–H and O–H groups in total. The van der Waals surface area contributed by atoms with E-state index in [2.05, 4.69) is 19.2 Å². The molecule has 1 unspecified atom stereocenters. The van der Waals surface area contributed by atoms with Crippen LogP contribution < -0.4 is 14.8 Å². The summed E-state index contributed by atoms with van der Waals surface area (Å²) in [7, 11) is 0. The van der Waals surface area contributed by atoms with Crippen LogP contribution in [0.25, 0.3) is 0 Å². The van der Waals surface area contributed by atoms with Crippen molar-refractivity contribution < 1.29 is 23.8 Å². The minimum atomic E-state index is -0.636. The Morgan fingerprint density at radius 3 is 2.72 bits per heavy atom. The van der Waals surface area contributed by atoms with Gasteiger partial charge in [-0.1, -0.05) is 38.3 Å². The normalized spacial score (nSPS) is 13.6. The number of rotatable bonds is 8. The summed E-state index contributed by atoms with van der Waals surface area (Å²) in [6.07, 6.45) is 3.07. The van der Waals surface area contributed by atoms with E-state index < -0.39 is 5.97 Å². The molecular formula is C18H24ClNO5. The smallest absolute Gasteiger partial charge is 0.338 e. The maximum atomic E-state index is 12.1. The molecule has 0 aliphatic carbocycles. The monoisotopic (exact) mass is 369 g/mol. The summed E-state index contributed by atoms with van der Waals surface area (Å²) < 4.78 is 15.4. The van der Waals surface area contributed by atoms with E-state index in [1.165, 1.54) is 12.1 Å². The van der Waals surface area contributed by atoms with Gasteiger partial charge in [-0.3, -0.25) is 4.79 Å². The van der Waals surface area contributed by atoms with Gasteiger partial charge < -0.3 is 19.5 Å². The van der Waals surface area contributed by atoms with E-state index in [9.17, 15) is 9.59 Å². The van der Waals surface area contributed by atoms with Crippen molar-refractivity contribution in [3.63, 3.8) is 0 Å². The van der Waals surface area contributed by atoms with Crippen molar-refractivity contribution >= 4 is 23.5 Å². The number of amides is 1. The number of esters is 1. The standard InChI is InChI=1S/C18H24ClNO5/c1-11(2)5-4-6-12(3)20-16(21)9-23-18(22)13-7-14(19)17-15(8-13)24-10-25-17/h7-8,11-12H,4-6,9-10H2,1-3H3,(H,20,21). The highest BCUT2D eigenvalue weighted by Crippen LogP contribution is 2.39. The summed E-state index contributed by atoms with van der Waals surface area (Å²) in [4.78, 5) is 24.0. The largest absolute Gasteiger partial charge is 0.454 e. The van der Waals surface area contributed by atoms with E-state index in [0.717, 1.165) is 19.3 Å². The van der Waals surface area contributed by atoms with Crippen molar-refractivity contribution in [2.75, 3.05) is 13.4 Å². The Kier molecular flexibility index (Phi) is 6.93. The van der Waals surface area contributed by atoms with E-state index in [4.69, 9.17) is 25.8 Å². The molecule has 1 aromatic carbocycles. The maximum Gasteiger partial charge on any atom is 0.338 e. The summed E-state index contributed by atoms with van der Waals surface area (Å²) >= 11 is 6.03. The second-order valence-corrected chi connectivity index (χ2v) is 6.97. The fraction of sp³-hybridized carbons (Fsp3) is 0.556. The van der Waals surface area contributed by atoms with Crippen molar-refractivity contribution in [2.24, 2.45) is 5.92 Å². The summed E-state index contributed by atoms with van der Waals surface area (Å²) in [5.74, 6) is 0.492. The zero-order chi connectivity index (χ0) is 18.4. The first-order chi connectivity index (χ1) is 11.9. The number of carbonyl (C=O) groups excluding carboxylic acids is 2. The molecule has 1 aromatic rings. The SMILES string of the molecule is CC(C)CCCC(C)NC(=O)COC(=O)c1cc(Cl)c2c(c1)OCO2. The Morgan fingerprint density at radius 1 is 1.24 bits per heavy atom. The summed E-state index contributed by atoms with van der Waals surface area (Å²) in [5, 5.41) is 3.10. The lowest BCUT2D eigenvalue weighted by atomic mass is 10.0. The van der Waals surface area contributed by atoms with Crippen LogP contribution in [0.5, 0.6) is 11.5 Å². The summed E-state index contributed by atoms with van der Waals surface area (Å²) in [5.41, 5.74) is 0.215. The molecule has 7 heteroatoms. The van der Waals surface area contributed by atoms with Crippen LogP contribution in [-0.2, 0) is 9.53 Å². The van der Waals surface area contributed by atoms with Gasteiger partial charge in [0.1, 0.15) is 0 Å². The fourth-order valence-electron chi connectivity index (χ4n) is 2.52. The molecule has 1 atom stereocenters. The van der Waals surface area contributed by atoms with Crippen molar-refractivity contribution in [3.8, 4) is 11.5 Å². The number of hydrogen-bond donors (Lipinski definition) is 1. The molecule has 1 heterocycles. The molecule has 2 rings (SSSR count). The van der Waals surface area contributed by atoms with E-state index in [-0.39, 0.29) is 35.9 Å². The van der Waals surface area contributed by atoms with Crippen molar-refractivity contribution in [1.29, 1.82) is 0 Å². The lowest BCUT2D eigenvalue weighted by molar-refractivity contribution is -0.124. The maximum absolute atomic E-state index is 12.1. The topological polar surface area (TPSA) is 73.9 Å². The third-order valence-electron chi connectivity index (χ3n) is 3.82. The second kappa shape index (κ2) is 8.94. The molecule has 0 saturated carbocycles. The lowest BCUT2D eigenvalue weighted by Crippen LogP contribution is -2.35. The van der Waals surface area contributed by atoms with Crippen LogP contribution in [-0.4, -0.2) is 31.3 Å². The number of benzene rings is 1. The molecule has 1 amide bonds. The van der Waals surface area contributed by atoms with Crippen LogP contribution in [0.15, 0.2) is 12.1 Å². The Hall–Kier alpha value is -1.95. The number of fused-ring (bicyclic) bond motifs is 1. The fourth-order valence-corrected chi connectivity index (χ4v) is 2.79. The first kappa shape index (κ1) is 19.4. The van der Waals surface area contributed by atoms with E-state index in [1.54, 1.807) is 0 Å². The molecule has 1 aliphatic rings. The molecule has 138 valence electrons. The second-order valence-electron chi connectivity index (χ2n) is 6.56. The zero-order valence-corrected chi connectivity index (χ0v) is 15.5. The number of halogens is 1. The van der Waals surface area contributed by atoms with Gasteiger partial charge in [-0.2, -0.15) is 0 Å². The molecule has 0 radical (unpaired) electrons. The number of ether oxygens (including phenoxy) is 3. The van der Waals surface area contributed by atoms with Gasteiger partial charge in [-0.25, -0.2) is 4.79 Å². The third-order valence-corrected chi connectivity index (χ3v) is 4.10. The quantitative estimate of drug-likeness (QED) is 0.709. The highest BCUT2D eigenvalue weighted by molar-refractivity contribution is 6.32. The number of carbonyl (C=O) groups is 2. The highest BCUT2D eigenvalue weighted by atomic mass is 35.5. The van der Waals surface area contributed by atoms with Crippen LogP contribution in [0.3, 0.4) is 0 Å². The molecule has 0 spiro atoms. The molecule has 0 saturated heterocycles. The Balaban J connectivity index is 1.78. The first-order valence-corrected chi connectivity index (χ1v) is 8.80. The van der Waals surface area contributed by atoms with Gasteiger partial charge in [0.2, 0.25) is 6.79 Å². The van der Waals surface area contributed by atoms with Crippen molar-refractivity contribution in [2.45, 2.75) is 46.1 Å². The van der Waals surface area contributed by atoms with Gasteiger partial charge in [0.05, 0.1) is 10.6 Å². The Labute approximate surface area is 152 Å². The van der Waals surface area contributed by atoms with Crippen LogP contribution in [0, 0.1) is 5.92 Å². The molecule has 25 heavy (non-hydrogen) atoms. The molecule has 0 bridgehead atoms. The Bertz CT molecular complexity index is 632. The summed E-state index contributed by atoms with van der Waals surface area (Å²) in [6.45, 7) is 6.01. The average molecular weight is 370 g/mol. The number of nitrogens with one attached hydrogen (secondary N) is 1.